The summed E-state index contributed by atoms with van der Waals surface area (Å²) >= 11 is 0. The van der Waals surface area contributed by atoms with Gasteiger partial charge in [-0.25, -0.2) is 8.42 Å². The normalized spacial score (nSPS) is 20.9. The van der Waals surface area contributed by atoms with E-state index in [4.69, 9.17) is 0 Å². The molecule has 1 aliphatic rings. The number of ketones is 1. The summed E-state index contributed by atoms with van der Waals surface area (Å²) in [7, 11) is -3.07. The van der Waals surface area contributed by atoms with Crippen LogP contribution >= 0.6 is 0 Å². The minimum Gasteiger partial charge on any atom is -0.299 e. The summed E-state index contributed by atoms with van der Waals surface area (Å²) in [6.07, 6.45) is 8.24. The minimum atomic E-state index is -3.07. The van der Waals surface area contributed by atoms with Crippen LogP contribution in [0.1, 0.15) is 83.8 Å². The van der Waals surface area contributed by atoms with Crippen LogP contribution in [0.3, 0.4) is 0 Å². The van der Waals surface area contributed by atoms with Crippen molar-refractivity contribution < 1.29 is 13.2 Å². The number of aryl methyl sites for hydroxylation is 2. The molecule has 1 aromatic rings. The highest BCUT2D eigenvalue weighted by Crippen LogP contribution is 2.33. The van der Waals surface area contributed by atoms with Crippen LogP contribution in [-0.2, 0) is 27.5 Å². The molecule has 1 fully saturated rings. The maximum absolute atomic E-state index is 12.5. The molecule has 0 aliphatic heterocycles. The fraction of sp³-hybridized carbons (Fsp3) is 0.708. The number of unbranched alkanes of at least 4 members (excludes halogenated alkanes) is 1. The summed E-state index contributed by atoms with van der Waals surface area (Å²) in [4.78, 5) is 12.5. The van der Waals surface area contributed by atoms with Crippen LogP contribution in [0.15, 0.2) is 24.3 Å². The number of carbonyl (C=O) groups excluding carboxylic acids is 1. The van der Waals surface area contributed by atoms with Gasteiger partial charge >= 0.3 is 0 Å². The maximum atomic E-state index is 12.5. The third-order valence-corrected chi connectivity index (χ3v) is 9.00. The summed E-state index contributed by atoms with van der Waals surface area (Å²) in [5.41, 5.74) is 2.74. The van der Waals surface area contributed by atoms with Crippen LogP contribution in [-0.4, -0.2) is 24.7 Å². The van der Waals surface area contributed by atoms with Crippen molar-refractivity contribution in [3.05, 3.63) is 35.4 Å². The summed E-state index contributed by atoms with van der Waals surface area (Å²) < 4.78 is 24.1. The molecule has 0 aromatic heterocycles. The Kier molecular flexibility index (Phi) is 8.30. The number of benzene rings is 1. The molecule has 0 spiro atoms. The Bertz CT molecular complexity index is 735. The van der Waals surface area contributed by atoms with Crippen molar-refractivity contribution in [3.63, 3.8) is 0 Å². The summed E-state index contributed by atoms with van der Waals surface area (Å²) in [6, 6.07) is 8.73. The number of hydrogen-bond acceptors (Lipinski definition) is 3. The van der Waals surface area contributed by atoms with Crippen molar-refractivity contribution in [2.75, 3.05) is 5.75 Å². The number of sulfone groups is 1. The van der Waals surface area contributed by atoms with Gasteiger partial charge in [-0.2, -0.15) is 0 Å². The average molecular weight is 407 g/mol. The van der Waals surface area contributed by atoms with Crippen molar-refractivity contribution in [2.45, 2.75) is 90.2 Å². The highest BCUT2D eigenvalue weighted by atomic mass is 32.2. The predicted octanol–water partition coefficient (Wildman–Crippen LogP) is 5.55. The van der Waals surface area contributed by atoms with Crippen molar-refractivity contribution >= 4 is 15.6 Å². The van der Waals surface area contributed by atoms with Gasteiger partial charge in [-0.15, -0.1) is 0 Å². The van der Waals surface area contributed by atoms with Crippen LogP contribution in [0.4, 0.5) is 0 Å². The fourth-order valence-corrected chi connectivity index (χ4v) is 5.50. The smallest absolute Gasteiger partial charge is 0.155 e. The molecule has 28 heavy (non-hydrogen) atoms. The lowest BCUT2D eigenvalue weighted by atomic mass is 9.80. The second-order valence-corrected chi connectivity index (χ2v) is 12.2. The van der Waals surface area contributed by atoms with E-state index in [-0.39, 0.29) is 17.6 Å². The van der Waals surface area contributed by atoms with E-state index >= 15 is 0 Å². The van der Waals surface area contributed by atoms with Crippen LogP contribution < -0.4 is 0 Å². The number of carbonyl (C=O) groups is 1. The van der Waals surface area contributed by atoms with Gasteiger partial charge in [0.05, 0.1) is 10.5 Å². The van der Waals surface area contributed by atoms with Crippen LogP contribution in [0, 0.1) is 11.8 Å². The number of hydrogen-bond donors (Lipinski definition) is 0. The summed E-state index contributed by atoms with van der Waals surface area (Å²) in [5.74, 6) is 1.03. The molecule has 0 amide bonds. The van der Waals surface area contributed by atoms with E-state index < -0.39 is 14.6 Å². The van der Waals surface area contributed by atoms with Gasteiger partial charge in [0.2, 0.25) is 0 Å². The lowest BCUT2D eigenvalue weighted by Gasteiger charge is -2.30. The third kappa shape index (κ3) is 6.72. The van der Waals surface area contributed by atoms with Crippen molar-refractivity contribution in [1.29, 1.82) is 0 Å². The number of Topliss-reactive ketones (excluding diaryl/α,β-unsaturated/α-hetero) is 1. The maximum Gasteiger partial charge on any atom is 0.155 e. The fourth-order valence-electron chi connectivity index (χ4n) is 4.05. The molecule has 1 aliphatic carbocycles. The first-order valence-electron chi connectivity index (χ1n) is 10.9. The van der Waals surface area contributed by atoms with Crippen LogP contribution in [0.25, 0.3) is 0 Å². The van der Waals surface area contributed by atoms with Gasteiger partial charge in [-0.3, -0.25) is 4.79 Å². The lowest BCUT2D eigenvalue weighted by molar-refractivity contribution is -0.124. The minimum absolute atomic E-state index is 0.150. The standard InChI is InChI=1S/C24H38O3S/c1-5-19-10-8-11-20(17-19)9-6-7-12-23(25)22-15-13-21(14-16-22)18-28(26,27)24(2,3)4/h8,10-11,17,21-22H,5-7,9,12-16,18H2,1-4H3. The first-order valence-corrected chi connectivity index (χ1v) is 12.6. The van der Waals surface area contributed by atoms with Crippen molar-refractivity contribution in [3.8, 4) is 0 Å². The lowest BCUT2D eigenvalue weighted by Crippen LogP contribution is -2.35. The average Bonchev–Trinajstić information content (AvgIpc) is 2.64. The molecule has 2 rings (SSSR count). The molecule has 0 heterocycles. The zero-order valence-electron chi connectivity index (χ0n) is 18.2. The van der Waals surface area contributed by atoms with Crippen LogP contribution in [0.5, 0.6) is 0 Å². The Morgan fingerprint density at radius 2 is 1.68 bits per heavy atom. The third-order valence-electron chi connectivity index (χ3n) is 6.23. The molecule has 0 N–H and O–H groups in total. The van der Waals surface area contributed by atoms with Gasteiger partial charge in [0.1, 0.15) is 5.78 Å². The quantitative estimate of drug-likeness (QED) is 0.505. The molecule has 1 aromatic carbocycles. The molecular formula is C24H38O3S. The van der Waals surface area contributed by atoms with E-state index in [2.05, 4.69) is 31.2 Å². The van der Waals surface area contributed by atoms with Gasteiger partial charge in [0, 0.05) is 12.3 Å². The van der Waals surface area contributed by atoms with Gasteiger partial charge in [-0.1, -0.05) is 31.2 Å². The SMILES string of the molecule is CCc1cccc(CCCCC(=O)C2CCC(CS(=O)(=O)C(C)(C)C)CC2)c1. The van der Waals surface area contributed by atoms with E-state index in [0.29, 0.717) is 12.2 Å². The highest BCUT2D eigenvalue weighted by molar-refractivity contribution is 7.92. The van der Waals surface area contributed by atoms with Gasteiger partial charge in [0.25, 0.3) is 0 Å². The Labute approximate surface area is 172 Å². The highest BCUT2D eigenvalue weighted by Gasteiger charge is 2.34. The Balaban J connectivity index is 1.69. The molecule has 1 saturated carbocycles. The van der Waals surface area contributed by atoms with Crippen LogP contribution in [0.2, 0.25) is 0 Å². The van der Waals surface area contributed by atoms with Crippen molar-refractivity contribution in [1.82, 2.24) is 0 Å². The second kappa shape index (κ2) is 10.0. The largest absolute Gasteiger partial charge is 0.299 e. The first-order chi connectivity index (χ1) is 13.1. The van der Waals surface area contributed by atoms with E-state index in [9.17, 15) is 13.2 Å². The molecule has 158 valence electrons. The Morgan fingerprint density at radius 1 is 1.04 bits per heavy atom. The second-order valence-electron chi connectivity index (χ2n) is 9.46. The molecular weight excluding hydrogens is 368 g/mol. The molecule has 0 saturated heterocycles. The monoisotopic (exact) mass is 406 g/mol. The van der Waals surface area contributed by atoms with E-state index in [1.54, 1.807) is 20.8 Å². The predicted molar refractivity (Wildman–Crippen MR) is 117 cm³/mol. The Morgan fingerprint density at radius 3 is 2.29 bits per heavy atom. The summed E-state index contributed by atoms with van der Waals surface area (Å²) in [6.45, 7) is 7.49. The molecule has 3 nitrogen and oxygen atoms in total. The molecule has 0 bridgehead atoms. The zero-order chi connectivity index (χ0) is 20.8. The molecule has 0 radical (unpaired) electrons. The van der Waals surface area contributed by atoms with Gasteiger partial charge < -0.3 is 0 Å². The van der Waals surface area contributed by atoms with E-state index in [1.807, 2.05) is 0 Å². The summed E-state index contributed by atoms with van der Waals surface area (Å²) in [5, 5.41) is 0. The molecule has 0 atom stereocenters. The van der Waals surface area contributed by atoms with E-state index in [0.717, 1.165) is 51.4 Å². The molecule has 4 heteroatoms. The van der Waals surface area contributed by atoms with Crippen molar-refractivity contribution in [2.24, 2.45) is 11.8 Å². The topological polar surface area (TPSA) is 51.2 Å². The van der Waals surface area contributed by atoms with Gasteiger partial charge in [-0.05, 0) is 89.2 Å². The van der Waals surface area contributed by atoms with Gasteiger partial charge in [0.15, 0.2) is 9.84 Å². The van der Waals surface area contributed by atoms with E-state index in [1.165, 1.54) is 11.1 Å². The Hall–Kier alpha value is -1.16. The first kappa shape index (κ1) is 23.1. The number of rotatable bonds is 9. The zero-order valence-corrected chi connectivity index (χ0v) is 19.0. The molecule has 0 unspecified atom stereocenters.